The molecule has 2 rings (SSSR count). The molecular formula is C10H13FN2O2. The lowest BCUT2D eigenvalue weighted by molar-refractivity contribution is 0.0261. The average molecular weight is 212 g/mol. The van der Waals surface area contributed by atoms with Gasteiger partial charge in [0.2, 0.25) is 0 Å². The molecular weight excluding hydrogens is 199 g/mol. The van der Waals surface area contributed by atoms with Gasteiger partial charge in [-0.1, -0.05) is 12.1 Å². The van der Waals surface area contributed by atoms with E-state index in [-0.39, 0.29) is 19.0 Å². The molecule has 1 aromatic carbocycles. The second-order valence-corrected chi connectivity index (χ2v) is 3.44. The first-order valence-electron chi connectivity index (χ1n) is 4.74. The van der Waals surface area contributed by atoms with Crippen molar-refractivity contribution in [3.63, 3.8) is 0 Å². The summed E-state index contributed by atoms with van der Waals surface area (Å²) in [7, 11) is 0. The Morgan fingerprint density at radius 1 is 1.40 bits per heavy atom. The van der Waals surface area contributed by atoms with Crippen molar-refractivity contribution < 1.29 is 14.2 Å². The molecule has 0 aromatic heterocycles. The summed E-state index contributed by atoms with van der Waals surface area (Å²) in [6.07, 6.45) is -1.89. The number of halogens is 1. The molecule has 0 spiro atoms. The molecule has 1 saturated heterocycles. The number of benzene rings is 1. The monoisotopic (exact) mass is 212 g/mol. The van der Waals surface area contributed by atoms with Crippen LogP contribution in [-0.2, 0) is 4.74 Å². The van der Waals surface area contributed by atoms with Crippen LogP contribution in [0.3, 0.4) is 0 Å². The van der Waals surface area contributed by atoms with Crippen LogP contribution in [0.1, 0.15) is 0 Å². The molecule has 2 unspecified atom stereocenters. The minimum Gasteiger partial charge on any atom is -0.506 e. The third-order valence-electron chi connectivity index (χ3n) is 2.36. The number of nitrogens with two attached hydrogens (primary N) is 1. The van der Waals surface area contributed by atoms with Crippen molar-refractivity contribution in [2.45, 2.75) is 12.5 Å². The van der Waals surface area contributed by atoms with Gasteiger partial charge >= 0.3 is 0 Å². The number of morpholine rings is 1. The summed E-state index contributed by atoms with van der Waals surface area (Å²) in [6.45, 7) is 0.233. The lowest BCUT2D eigenvalue weighted by atomic mass is 10.2. The van der Waals surface area contributed by atoms with Crippen LogP contribution in [0.2, 0.25) is 0 Å². The van der Waals surface area contributed by atoms with Crippen molar-refractivity contribution >= 4 is 5.69 Å². The van der Waals surface area contributed by atoms with E-state index in [1.165, 1.54) is 11.0 Å². The number of para-hydroxylation sites is 2. The van der Waals surface area contributed by atoms with E-state index in [0.29, 0.717) is 5.69 Å². The largest absolute Gasteiger partial charge is 0.506 e. The lowest BCUT2D eigenvalue weighted by Crippen LogP contribution is -2.55. The maximum absolute atomic E-state index is 13.6. The highest BCUT2D eigenvalue weighted by Gasteiger charge is 2.30. The molecule has 4 nitrogen and oxygen atoms in total. The van der Waals surface area contributed by atoms with E-state index in [1.807, 2.05) is 0 Å². The van der Waals surface area contributed by atoms with Crippen LogP contribution in [0, 0.1) is 0 Å². The van der Waals surface area contributed by atoms with Crippen molar-refractivity contribution in [3.8, 4) is 5.75 Å². The maximum atomic E-state index is 13.6. The van der Waals surface area contributed by atoms with Crippen LogP contribution < -0.4 is 10.6 Å². The molecule has 0 radical (unpaired) electrons. The van der Waals surface area contributed by atoms with E-state index in [1.54, 1.807) is 18.2 Å². The molecule has 5 heteroatoms. The van der Waals surface area contributed by atoms with Gasteiger partial charge in [-0.3, -0.25) is 0 Å². The van der Waals surface area contributed by atoms with Crippen LogP contribution in [-0.4, -0.2) is 30.8 Å². The highest BCUT2D eigenvalue weighted by molar-refractivity contribution is 5.58. The zero-order chi connectivity index (χ0) is 10.8. The Balaban J connectivity index is 2.31. The Hall–Kier alpha value is -1.33. The van der Waals surface area contributed by atoms with E-state index in [2.05, 4.69) is 0 Å². The van der Waals surface area contributed by atoms with Gasteiger partial charge in [0.25, 0.3) is 0 Å². The van der Waals surface area contributed by atoms with Gasteiger partial charge < -0.3 is 20.5 Å². The number of alkyl halides is 1. The fourth-order valence-electron chi connectivity index (χ4n) is 1.67. The molecule has 1 aliphatic heterocycles. The molecule has 0 aliphatic carbocycles. The van der Waals surface area contributed by atoms with Crippen LogP contribution >= 0.6 is 0 Å². The fraction of sp³-hybridized carbons (Fsp3) is 0.400. The van der Waals surface area contributed by atoms with Gasteiger partial charge in [0.1, 0.15) is 11.9 Å². The van der Waals surface area contributed by atoms with E-state index < -0.39 is 12.5 Å². The first kappa shape index (κ1) is 10.2. The average Bonchev–Trinajstić information content (AvgIpc) is 2.20. The third kappa shape index (κ3) is 1.88. The second kappa shape index (κ2) is 4.04. The number of ether oxygens (including phenoxy) is 1. The second-order valence-electron chi connectivity index (χ2n) is 3.44. The summed E-state index contributed by atoms with van der Waals surface area (Å²) in [5, 5.41) is 9.59. The van der Waals surface area contributed by atoms with Gasteiger partial charge in [-0.25, -0.2) is 4.39 Å². The van der Waals surface area contributed by atoms with Crippen LogP contribution in [0.4, 0.5) is 10.1 Å². The molecule has 1 aromatic rings. The van der Waals surface area contributed by atoms with E-state index in [4.69, 9.17) is 10.5 Å². The minimum absolute atomic E-state index is 0.0255. The number of anilines is 1. The van der Waals surface area contributed by atoms with Gasteiger partial charge in [-0.2, -0.15) is 0 Å². The van der Waals surface area contributed by atoms with Crippen LogP contribution in [0.15, 0.2) is 24.3 Å². The molecule has 0 amide bonds. The Kier molecular flexibility index (Phi) is 2.75. The zero-order valence-electron chi connectivity index (χ0n) is 8.14. The molecule has 82 valence electrons. The SMILES string of the molecule is NC1COCC(F)N1c1ccccc1O. The van der Waals surface area contributed by atoms with Gasteiger partial charge in [0, 0.05) is 0 Å². The lowest BCUT2D eigenvalue weighted by Gasteiger charge is -2.37. The topological polar surface area (TPSA) is 58.7 Å². The van der Waals surface area contributed by atoms with Crippen LogP contribution in [0.25, 0.3) is 0 Å². The van der Waals surface area contributed by atoms with Crippen molar-refractivity contribution in [2.75, 3.05) is 18.1 Å². The number of phenolic OH excluding ortho intramolecular Hbond substituents is 1. The first-order chi connectivity index (χ1) is 7.20. The van der Waals surface area contributed by atoms with Crippen LogP contribution in [0.5, 0.6) is 5.75 Å². The number of aromatic hydroxyl groups is 1. The molecule has 1 aliphatic rings. The summed E-state index contributed by atoms with van der Waals surface area (Å²) < 4.78 is 18.5. The highest BCUT2D eigenvalue weighted by Crippen LogP contribution is 2.30. The third-order valence-corrected chi connectivity index (χ3v) is 2.36. The molecule has 0 saturated carbocycles. The number of rotatable bonds is 1. The minimum atomic E-state index is -1.32. The Labute approximate surface area is 87.1 Å². The Bertz CT molecular complexity index is 338. The van der Waals surface area contributed by atoms with Crippen molar-refractivity contribution in [3.05, 3.63) is 24.3 Å². The van der Waals surface area contributed by atoms with E-state index in [9.17, 15) is 9.50 Å². The normalized spacial score (nSPS) is 26.7. The quantitative estimate of drug-likeness (QED) is 0.676. The molecule has 15 heavy (non-hydrogen) atoms. The summed E-state index contributed by atoms with van der Waals surface area (Å²) in [5.41, 5.74) is 6.12. The number of hydrogen-bond acceptors (Lipinski definition) is 4. The highest BCUT2D eigenvalue weighted by atomic mass is 19.1. The molecule has 1 heterocycles. The van der Waals surface area contributed by atoms with E-state index >= 15 is 0 Å². The molecule has 0 bridgehead atoms. The summed E-state index contributed by atoms with van der Waals surface area (Å²) >= 11 is 0. The van der Waals surface area contributed by atoms with Crippen molar-refractivity contribution in [1.82, 2.24) is 0 Å². The van der Waals surface area contributed by atoms with Crippen molar-refractivity contribution in [1.29, 1.82) is 0 Å². The summed E-state index contributed by atoms with van der Waals surface area (Å²) in [4.78, 5) is 1.33. The van der Waals surface area contributed by atoms with Gasteiger partial charge in [0.15, 0.2) is 6.30 Å². The Morgan fingerprint density at radius 3 is 2.80 bits per heavy atom. The predicted octanol–water partition coefficient (Wildman–Crippen LogP) is 0.809. The smallest absolute Gasteiger partial charge is 0.197 e. The standard InChI is InChI=1S/C10H13FN2O2/c11-9-5-15-6-10(12)13(9)7-3-1-2-4-8(7)14/h1-4,9-10,14H,5-6,12H2. The molecule has 3 N–H and O–H groups in total. The zero-order valence-corrected chi connectivity index (χ0v) is 8.14. The number of hydrogen-bond donors (Lipinski definition) is 2. The summed E-state index contributed by atoms with van der Waals surface area (Å²) in [6, 6.07) is 6.54. The van der Waals surface area contributed by atoms with E-state index in [0.717, 1.165) is 0 Å². The molecule has 2 atom stereocenters. The number of phenols is 1. The number of nitrogens with zero attached hydrogens (tertiary/aromatic N) is 1. The van der Waals surface area contributed by atoms with Gasteiger partial charge in [-0.15, -0.1) is 0 Å². The fourth-order valence-corrected chi connectivity index (χ4v) is 1.67. The van der Waals surface area contributed by atoms with Gasteiger partial charge in [0.05, 0.1) is 18.9 Å². The first-order valence-corrected chi connectivity index (χ1v) is 4.74. The molecule has 1 fully saturated rings. The Morgan fingerprint density at radius 2 is 2.13 bits per heavy atom. The predicted molar refractivity (Wildman–Crippen MR) is 54.3 cm³/mol. The maximum Gasteiger partial charge on any atom is 0.197 e. The van der Waals surface area contributed by atoms with Crippen molar-refractivity contribution in [2.24, 2.45) is 5.73 Å². The summed E-state index contributed by atoms with van der Waals surface area (Å²) in [5.74, 6) is 0.0255. The van der Waals surface area contributed by atoms with Gasteiger partial charge in [-0.05, 0) is 12.1 Å².